The molecule has 1 N–H and O–H groups in total. The molecule has 3 rings (SSSR count). The fourth-order valence-corrected chi connectivity index (χ4v) is 4.89. The molecular weight excluding hydrogens is 338 g/mol. The first kappa shape index (κ1) is 17.6. The molecule has 1 aliphatic rings. The Morgan fingerprint density at radius 1 is 1.50 bits per heavy atom. The maximum Gasteiger partial charge on any atom is 0.263 e. The lowest BCUT2D eigenvalue weighted by Crippen LogP contribution is -2.36. The van der Waals surface area contributed by atoms with Crippen LogP contribution < -0.4 is 5.32 Å². The van der Waals surface area contributed by atoms with Gasteiger partial charge in [-0.05, 0) is 56.6 Å². The van der Waals surface area contributed by atoms with Crippen LogP contribution in [0.3, 0.4) is 0 Å². The van der Waals surface area contributed by atoms with E-state index in [1.54, 1.807) is 11.3 Å². The third kappa shape index (κ3) is 4.43. The molecule has 24 heavy (non-hydrogen) atoms. The van der Waals surface area contributed by atoms with Crippen molar-refractivity contribution < 1.29 is 4.79 Å². The Morgan fingerprint density at radius 2 is 2.38 bits per heavy atom. The third-order valence-corrected chi connectivity index (χ3v) is 6.34. The normalized spacial score (nSPS) is 18.7. The van der Waals surface area contributed by atoms with Gasteiger partial charge in [0.05, 0.1) is 5.69 Å². The van der Waals surface area contributed by atoms with E-state index in [2.05, 4.69) is 27.5 Å². The summed E-state index contributed by atoms with van der Waals surface area (Å²) in [5.74, 6) is 0.821. The highest BCUT2D eigenvalue weighted by molar-refractivity contribution is 7.17. The largest absolute Gasteiger partial charge is 0.351 e. The number of rotatable bonds is 6. The molecule has 2 aromatic rings. The second-order valence-corrected chi connectivity index (χ2v) is 8.38. The van der Waals surface area contributed by atoms with Crippen molar-refractivity contribution in [3.05, 3.63) is 27.4 Å². The third-order valence-electron chi connectivity index (χ3n) is 4.45. The lowest BCUT2D eigenvalue weighted by atomic mass is 10.0. The summed E-state index contributed by atoms with van der Waals surface area (Å²) in [6.07, 6.45) is 3.66. The number of nitrogens with zero attached hydrogens (tertiary/aromatic N) is 2. The number of carbonyl (C=O) groups is 1. The first-order chi connectivity index (χ1) is 11.6. The van der Waals surface area contributed by atoms with E-state index in [1.807, 2.05) is 18.4 Å². The molecule has 0 aliphatic carbocycles. The number of aromatic nitrogens is 1. The minimum atomic E-state index is 0.0125. The lowest BCUT2D eigenvalue weighted by molar-refractivity contribution is 0.0953. The van der Waals surface area contributed by atoms with Crippen molar-refractivity contribution >= 4 is 28.6 Å². The molecule has 0 saturated carbocycles. The van der Waals surface area contributed by atoms with Crippen molar-refractivity contribution in [2.75, 3.05) is 26.2 Å². The van der Waals surface area contributed by atoms with Gasteiger partial charge >= 0.3 is 0 Å². The zero-order valence-corrected chi connectivity index (χ0v) is 16.0. The molecular formula is C18H25N3OS2. The van der Waals surface area contributed by atoms with Gasteiger partial charge in [0.15, 0.2) is 0 Å². The molecule has 1 saturated heterocycles. The summed E-state index contributed by atoms with van der Waals surface area (Å²) < 4.78 is 0. The molecule has 6 heteroatoms. The molecule has 0 bridgehead atoms. The van der Waals surface area contributed by atoms with Gasteiger partial charge in [-0.25, -0.2) is 4.98 Å². The SMILES string of the molecule is Cc1nc(-c2ccsc2)sc1C(=O)NCCCN1CCCC(C)C1. The fourth-order valence-electron chi connectivity index (χ4n) is 3.19. The maximum absolute atomic E-state index is 12.4. The van der Waals surface area contributed by atoms with Gasteiger partial charge in [0.25, 0.3) is 5.91 Å². The van der Waals surface area contributed by atoms with E-state index in [9.17, 15) is 4.79 Å². The number of amides is 1. The van der Waals surface area contributed by atoms with Crippen LogP contribution in [0.1, 0.15) is 41.6 Å². The first-order valence-electron chi connectivity index (χ1n) is 8.64. The summed E-state index contributed by atoms with van der Waals surface area (Å²) >= 11 is 3.13. The zero-order valence-electron chi connectivity index (χ0n) is 14.4. The molecule has 1 aliphatic heterocycles. The van der Waals surface area contributed by atoms with Crippen molar-refractivity contribution in [3.8, 4) is 10.6 Å². The Bertz CT molecular complexity index is 666. The summed E-state index contributed by atoms with van der Waals surface area (Å²) in [6, 6.07) is 2.05. The van der Waals surface area contributed by atoms with Crippen LogP contribution in [0.5, 0.6) is 0 Å². The highest BCUT2D eigenvalue weighted by Gasteiger charge is 2.17. The predicted octanol–water partition coefficient (Wildman–Crippen LogP) is 4.03. The van der Waals surface area contributed by atoms with Crippen molar-refractivity contribution in [1.29, 1.82) is 0 Å². The molecule has 1 unspecified atom stereocenters. The van der Waals surface area contributed by atoms with Crippen molar-refractivity contribution in [1.82, 2.24) is 15.2 Å². The molecule has 1 amide bonds. The standard InChI is InChI=1S/C18H25N3OS2/c1-13-5-3-8-21(11-13)9-4-7-19-17(22)16-14(2)20-18(24-16)15-6-10-23-12-15/h6,10,12-13H,3-5,7-9,11H2,1-2H3,(H,19,22). The molecule has 1 atom stereocenters. The topological polar surface area (TPSA) is 45.2 Å². The molecule has 130 valence electrons. The molecule has 2 aromatic heterocycles. The minimum absolute atomic E-state index is 0.0125. The van der Waals surface area contributed by atoms with Crippen LogP contribution in [0.25, 0.3) is 10.6 Å². The second-order valence-electron chi connectivity index (χ2n) is 6.60. The second kappa shape index (κ2) is 8.23. The average Bonchev–Trinajstić information content (AvgIpc) is 3.21. The predicted molar refractivity (Wildman–Crippen MR) is 102 cm³/mol. The van der Waals surface area contributed by atoms with Gasteiger partial charge < -0.3 is 10.2 Å². The van der Waals surface area contributed by atoms with Gasteiger partial charge in [0, 0.05) is 24.0 Å². The van der Waals surface area contributed by atoms with Gasteiger partial charge in [-0.1, -0.05) is 6.92 Å². The van der Waals surface area contributed by atoms with Crippen LogP contribution in [0.4, 0.5) is 0 Å². The van der Waals surface area contributed by atoms with Crippen LogP contribution in [0, 0.1) is 12.8 Å². The van der Waals surface area contributed by atoms with Crippen LogP contribution in [0.2, 0.25) is 0 Å². The van der Waals surface area contributed by atoms with Crippen LogP contribution in [0.15, 0.2) is 16.8 Å². The Hall–Kier alpha value is -1.24. The molecule has 3 heterocycles. The van der Waals surface area contributed by atoms with Crippen LogP contribution >= 0.6 is 22.7 Å². The maximum atomic E-state index is 12.4. The number of piperidine rings is 1. The van der Waals surface area contributed by atoms with E-state index in [0.717, 1.165) is 46.6 Å². The summed E-state index contributed by atoms with van der Waals surface area (Å²) in [4.78, 5) is 20.2. The quantitative estimate of drug-likeness (QED) is 0.788. The number of aryl methyl sites for hydroxylation is 1. The first-order valence-corrected chi connectivity index (χ1v) is 10.4. The Labute approximate surface area is 151 Å². The zero-order chi connectivity index (χ0) is 16.9. The number of nitrogens with one attached hydrogen (secondary N) is 1. The smallest absolute Gasteiger partial charge is 0.263 e. The van der Waals surface area contributed by atoms with E-state index in [-0.39, 0.29) is 5.91 Å². The van der Waals surface area contributed by atoms with E-state index < -0.39 is 0 Å². The molecule has 1 fully saturated rings. The van der Waals surface area contributed by atoms with Crippen molar-refractivity contribution in [3.63, 3.8) is 0 Å². The molecule has 4 nitrogen and oxygen atoms in total. The average molecular weight is 364 g/mol. The highest BCUT2D eigenvalue weighted by Crippen LogP contribution is 2.29. The highest BCUT2D eigenvalue weighted by atomic mass is 32.1. The molecule has 0 radical (unpaired) electrons. The van der Waals surface area contributed by atoms with Crippen LogP contribution in [-0.4, -0.2) is 42.0 Å². The van der Waals surface area contributed by atoms with Crippen LogP contribution in [-0.2, 0) is 0 Å². The van der Waals surface area contributed by atoms with Gasteiger partial charge in [0.2, 0.25) is 0 Å². The summed E-state index contributed by atoms with van der Waals surface area (Å²) in [5, 5.41) is 8.09. The number of likely N-dealkylation sites (tertiary alicyclic amines) is 1. The van der Waals surface area contributed by atoms with Gasteiger partial charge in [-0.3, -0.25) is 4.79 Å². The number of carbonyl (C=O) groups excluding carboxylic acids is 1. The van der Waals surface area contributed by atoms with Gasteiger partial charge in [-0.2, -0.15) is 11.3 Å². The van der Waals surface area contributed by atoms with Crippen molar-refractivity contribution in [2.45, 2.75) is 33.1 Å². The minimum Gasteiger partial charge on any atom is -0.351 e. The Morgan fingerprint density at radius 3 is 3.12 bits per heavy atom. The number of thiophene rings is 1. The van der Waals surface area contributed by atoms with Crippen molar-refractivity contribution in [2.24, 2.45) is 5.92 Å². The number of thiazole rings is 1. The number of hydrogen-bond acceptors (Lipinski definition) is 5. The van der Waals surface area contributed by atoms with Gasteiger partial charge in [0.1, 0.15) is 9.88 Å². The molecule has 0 spiro atoms. The summed E-state index contributed by atoms with van der Waals surface area (Å²) in [7, 11) is 0. The van der Waals surface area contributed by atoms with E-state index >= 15 is 0 Å². The molecule has 0 aromatic carbocycles. The lowest BCUT2D eigenvalue weighted by Gasteiger charge is -2.30. The van der Waals surface area contributed by atoms with E-state index in [1.165, 1.54) is 37.3 Å². The Balaban J connectivity index is 1.47. The van der Waals surface area contributed by atoms with E-state index in [0.29, 0.717) is 0 Å². The fraction of sp³-hybridized carbons (Fsp3) is 0.556. The van der Waals surface area contributed by atoms with Gasteiger partial charge in [-0.15, -0.1) is 11.3 Å². The summed E-state index contributed by atoms with van der Waals surface area (Å²) in [6.45, 7) is 8.45. The van der Waals surface area contributed by atoms with E-state index in [4.69, 9.17) is 0 Å². The number of hydrogen-bond donors (Lipinski definition) is 1. The summed E-state index contributed by atoms with van der Waals surface area (Å²) in [5.41, 5.74) is 1.93. The Kier molecular flexibility index (Phi) is 6.03. The monoisotopic (exact) mass is 363 g/mol.